The van der Waals surface area contributed by atoms with Gasteiger partial charge in [-0.25, -0.2) is 0 Å². The van der Waals surface area contributed by atoms with Crippen LogP contribution in [0.4, 0.5) is 0 Å². The molecule has 0 aromatic heterocycles. The van der Waals surface area contributed by atoms with Crippen LogP contribution in [-0.2, 0) is 13.0 Å². The van der Waals surface area contributed by atoms with Crippen LogP contribution < -0.4 is 9.47 Å². The third kappa shape index (κ3) is 11.3. The predicted octanol–water partition coefficient (Wildman–Crippen LogP) is 9.76. The average Bonchev–Trinajstić information content (AvgIpc) is 2.92. The Hall–Kier alpha value is -2.04. The molecule has 41 heavy (non-hydrogen) atoms. The molecule has 0 saturated heterocycles. The number of hydrogen-bond acceptors (Lipinski definition) is 4. The van der Waals surface area contributed by atoms with Crippen molar-refractivity contribution in [2.45, 2.75) is 144 Å². The van der Waals surface area contributed by atoms with E-state index >= 15 is 0 Å². The van der Waals surface area contributed by atoms with Crippen molar-refractivity contribution in [3.05, 3.63) is 57.7 Å². The second-order valence-electron chi connectivity index (χ2n) is 13.2. The maximum atomic E-state index is 8.94. The smallest absolute Gasteiger partial charge is 0.142 e. The Labute approximate surface area is 251 Å². The van der Waals surface area contributed by atoms with Crippen molar-refractivity contribution in [1.82, 2.24) is 4.90 Å². The Kier molecular flexibility index (Phi) is 14.0. The number of rotatable bonds is 17. The van der Waals surface area contributed by atoms with E-state index in [1.165, 1.54) is 65.5 Å². The monoisotopic (exact) mass is 565 g/mol. The Morgan fingerprint density at radius 1 is 0.902 bits per heavy atom. The zero-order valence-electron chi connectivity index (χ0n) is 27.2. The molecule has 3 rings (SSSR count). The number of aliphatic hydroxyl groups excluding tert-OH is 1. The lowest BCUT2D eigenvalue weighted by Crippen LogP contribution is -2.38. The Bertz CT molecular complexity index is 1050. The van der Waals surface area contributed by atoms with Gasteiger partial charge in [-0.05, 0) is 117 Å². The number of unbranched alkanes of at least 4 members (excludes halogenated alkanes) is 5. The van der Waals surface area contributed by atoms with Crippen LogP contribution in [0.1, 0.15) is 135 Å². The third-order valence-corrected chi connectivity index (χ3v) is 8.85. The molecule has 1 N–H and O–H groups in total. The van der Waals surface area contributed by atoms with Gasteiger partial charge in [-0.15, -0.1) is 0 Å². The number of aliphatic hydroxyl groups is 1. The topological polar surface area (TPSA) is 41.9 Å². The number of fused-ring (bicyclic) bond motifs is 3. The number of allylic oxidation sites excluding steroid dienone is 6. The lowest BCUT2D eigenvalue weighted by atomic mass is 9.85. The molecule has 2 aliphatic rings. The number of benzene rings is 1. The fraction of sp³-hybridized carbons (Fsp3) is 0.676. The molecule has 1 aromatic carbocycles. The summed E-state index contributed by atoms with van der Waals surface area (Å²) in [6, 6.07) is 2.21. The molecule has 4 heteroatoms. The first-order chi connectivity index (χ1) is 19.7. The molecular weight excluding hydrogens is 506 g/mol. The molecule has 2 aliphatic heterocycles. The van der Waals surface area contributed by atoms with Crippen LogP contribution in [0, 0.1) is 6.92 Å². The van der Waals surface area contributed by atoms with E-state index in [0.29, 0.717) is 13.3 Å². The molecule has 0 spiro atoms. The molecule has 0 radical (unpaired) electrons. The van der Waals surface area contributed by atoms with Crippen LogP contribution in [-0.4, -0.2) is 35.5 Å². The standard InChI is InChI=1S/C37H59NO3/c1-29(2)16-13-17-30(3)18-14-19-31(4)20-15-22-37(6)23-21-33-34-27-38(24-11-9-7-8-10-12-25-39)28-40-35(34)26-32(5)36(33)41-37/h16,18,20,26,39H,7-15,17,19,21-25,27-28H2,1-6H3/b30-18+,31-20+/t37-/m1/s1. The van der Waals surface area contributed by atoms with Crippen LogP contribution in [0.25, 0.3) is 0 Å². The summed E-state index contributed by atoms with van der Waals surface area (Å²) >= 11 is 0. The molecule has 0 unspecified atom stereocenters. The van der Waals surface area contributed by atoms with E-state index in [1.807, 2.05) is 0 Å². The van der Waals surface area contributed by atoms with Crippen molar-refractivity contribution in [3.8, 4) is 11.5 Å². The predicted molar refractivity (Wildman–Crippen MR) is 174 cm³/mol. The van der Waals surface area contributed by atoms with Crippen LogP contribution in [0.5, 0.6) is 11.5 Å². The van der Waals surface area contributed by atoms with E-state index in [2.05, 4.69) is 70.7 Å². The summed E-state index contributed by atoms with van der Waals surface area (Å²) in [7, 11) is 0. The molecule has 230 valence electrons. The number of aryl methyl sites for hydroxylation is 1. The fourth-order valence-electron chi connectivity index (χ4n) is 6.14. The maximum absolute atomic E-state index is 8.94. The minimum absolute atomic E-state index is 0.116. The van der Waals surface area contributed by atoms with E-state index in [4.69, 9.17) is 14.6 Å². The van der Waals surface area contributed by atoms with Gasteiger partial charge < -0.3 is 14.6 Å². The maximum Gasteiger partial charge on any atom is 0.142 e. The number of ether oxygens (including phenoxy) is 2. The first-order valence-corrected chi connectivity index (χ1v) is 16.5. The van der Waals surface area contributed by atoms with E-state index < -0.39 is 0 Å². The quantitative estimate of drug-likeness (QED) is 0.151. The lowest BCUT2D eigenvalue weighted by Gasteiger charge is -2.39. The molecular formula is C37H59NO3. The molecule has 1 atom stereocenters. The molecule has 0 fully saturated rings. The van der Waals surface area contributed by atoms with Crippen LogP contribution in [0.2, 0.25) is 0 Å². The highest BCUT2D eigenvalue weighted by atomic mass is 16.5. The summed E-state index contributed by atoms with van der Waals surface area (Å²) in [6.45, 7) is 16.4. The van der Waals surface area contributed by atoms with E-state index in [-0.39, 0.29) is 5.60 Å². The number of hydrogen-bond donors (Lipinski definition) is 1. The highest BCUT2D eigenvalue weighted by Crippen LogP contribution is 2.44. The van der Waals surface area contributed by atoms with Gasteiger partial charge in [0, 0.05) is 30.8 Å². The molecule has 1 aromatic rings. The van der Waals surface area contributed by atoms with Crippen LogP contribution >= 0.6 is 0 Å². The van der Waals surface area contributed by atoms with Crippen molar-refractivity contribution in [2.24, 2.45) is 0 Å². The summed E-state index contributed by atoms with van der Waals surface area (Å²) in [6.07, 6.45) is 23.1. The fourth-order valence-corrected chi connectivity index (χ4v) is 6.14. The largest absolute Gasteiger partial charge is 0.487 e. The van der Waals surface area contributed by atoms with Gasteiger partial charge in [0.05, 0.1) is 0 Å². The van der Waals surface area contributed by atoms with E-state index in [0.717, 1.165) is 82.4 Å². The lowest BCUT2D eigenvalue weighted by molar-refractivity contribution is 0.0524. The minimum Gasteiger partial charge on any atom is -0.487 e. The summed E-state index contributed by atoms with van der Waals surface area (Å²) in [5.74, 6) is 2.18. The highest BCUT2D eigenvalue weighted by molar-refractivity contribution is 5.55. The summed E-state index contributed by atoms with van der Waals surface area (Å²) in [5, 5.41) is 8.94. The zero-order chi connectivity index (χ0) is 29.7. The van der Waals surface area contributed by atoms with Gasteiger partial charge in [-0.1, -0.05) is 60.6 Å². The normalized spacial score (nSPS) is 19.3. The van der Waals surface area contributed by atoms with Gasteiger partial charge in [0.25, 0.3) is 0 Å². The van der Waals surface area contributed by atoms with E-state index in [1.54, 1.807) is 0 Å². The Morgan fingerprint density at radius 3 is 2.27 bits per heavy atom. The van der Waals surface area contributed by atoms with Crippen molar-refractivity contribution < 1.29 is 14.6 Å². The summed E-state index contributed by atoms with van der Waals surface area (Å²) < 4.78 is 13.1. The van der Waals surface area contributed by atoms with Crippen molar-refractivity contribution >= 4 is 0 Å². The highest BCUT2D eigenvalue weighted by Gasteiger charge is 2.35. The van der Waals surface area contributed by atoms with Gasteiger partial charge in [-0.2, -0.15) is 0 Å². The molecule has 0 aliphatic carbocycles. The molecule has 0 bridgehead atoms. The number of nitrogens with zero attached hydrogens (tertiary/aromatic N) is 1. The van der Waals surface area contributed by atoms with Gasteiger partial charge in [0.1, 0.15) is 23.8 Å². The molecule has 0 amide bonds. The van der Waals surface area contributed by atoms with Crippen molar-refractivity contribution in [3.63, 3.8) is 0 Å². The second kappa shape index (κ2) is 17.2. The van der Waals surface area contributed by atoms with Gasteiger partial charge in [0.2, 0.25) is 0 Å². The third-order valence-electron chi connectivity index (χ3n) is 8.85. The van der Waals surface area contributed by atoms with Gasteiger partial charge in [-0.3, -0.25) is 4.90 Å². The second-order valence-corrected chi connectivity index (χ2v) is 13.2. The Morgan fingerprint density at radius 2 is 1.56 bits per heavy atom. The molecule has 0 saturated carbocycles. The van der Waals surface area contributed by atoms with Gasteiger partial charge in [0.15, 0.2) is 0 Å². The Balaban J connectivity index is 1.48. The van der Waals surface area contributed by atoms with Crippen LogP contribution in [0.3, 0.4) is 0 Å². The first-order valence-electron chi connectivity index (χ1n) is 16.5. The minimum atomic E-state index is -0.116. The van der Waals surface area contributed by atoms with E-state index in [9.17, 15) is 0 Å². The summed E-state index contributed by atoms with van der Waals surface area (Å²) in [5.41, 5.74) is 8.23. The van der Waals surface area contributed by atoms with Crippen molar-refractivity contribution in [2.75, 3.05) is 19.9 Å². The van der Waals surface area contributed by atoms with Crippen molar-refractivity contribution in [1.29, 1.82) is 0 Å². The zero-order valence-corrected chi connectivity index (χ0v) is 27.2. The average molecular weight is 566 g/mol. The SMILES string of the molecule is CC(C)=CCC/C(C)=C/CC/C(C)=C/CC[C@]1(C)CCc2c3c(cc(C)c2O1)OCN(CCCCCCCCO)C3. The first kappa shape index (κ1) is 33.5. The molecule has 2 heterocycles. The van der Waals surface area contributed by atoms with Crippen LogP contribution in [0.15, 0.2) is 41.0 Å². The van der Waals surface area contributed by atoms with Gasteiger partial charge >= 0.3 is 0 Å². The summed E-state index contributed by atoms with van der Waals surface area (Å²) in [4.78, 5) is 2.45. The molecule has 4 nitrogen and oxygen atoms in total.